The van der Waals surface area contributed by atoms with Gasteiger partial charge in [0.05, 0.1) is 6.61 Å². The summed E-state index contributed by atoms with van der Waals surface area (Å²) in [6.45, 7) is 9.19. The summed E-state index contributed by atoms with van der Waals surface area (Å²) in [5.41, 5.74) is 0.478. The number of carbonyl (C=O) groups is 2. The topological polar surface area (TPSA) is 93.1 Å². The van der Waals surface area contributed by atoms with Crippen molar-refractivity contribution in [3.8, 4) is 11.5 Å². The van der Waals surface area contributed by atoms with Gasteiger partial charge in [0.25, 0.3) is 0 Å². The first kappa shape index (κ1) is 31.0. The fourth-order valence-corrected chi connectivity index (χ4v) is 3.61. The molecule has 200 valence electrons. The maximum Gasteiger partial charge on any atom is 0.342 e. The number of para-hydroxylation sites is 2. The lowest BCUT2D eigenvalue weighted by molar-refractivity contribution is 0.0264. The Balaban J connectivity index is 0.000000360. The molecule has 0 aliphatic carbocycles. The van der Waals surface area contributed by atoms with Gasteiger partial charge < -0.3 is 19.7 Å². The normalized spacial score (nSPS) is 11.4. The zero-order chi connectivity index (χ0) is 26.8. The highest BCUT2D eigenvalue weighted by molar-refractivity contribution is 5.92. The van der Waals surface area contributed by atoms with E-state index in [0.29, 0.717) is 12.4 Å². The van der Waals surface area contributed by atoms with Gasteiger partial charge >= 0.3 is 11.9 Å². The van der Waals surface area contributed by atoms with Crippen LogP contribution in [0.25, 0.3) is 0 Å². The van der Waals surface area contributed by atoms with E-state index in [1.165, 1.54) is 18.9 Å². The smallest absolute Gasteiger partial charge is 0.342 e. The molecule has 1 atom stereocenters. The summed E-state index contributed by atoms with van der Waals surface area (Å²) in [4.78, 5) is 22.8. The summed E-state index contributed by atoms with van der Waals surface area (Å²) in [6.07, 6.45) is 9.59. The predicted octanol–water partition coefficient (Wildman–Crippen LogP) is 7.89. The Bertz CT molecular complexity index is 893. The molecule has 0 bridgehead atoms. The number of aromatic hydroxyl groups is 1. The second-order valence-corrected chi connectivity index (χ2v) is 9.34. The largest absolute Gasteiger partial charge is 0.507 e. The van der Waals surface area contributed by atoms with Gasteiger partial charge in [-0.2, -0.15) is 0 Å². The first-order valence-corrected chi connectivity index (χ1v) is 13.2. The third-order valence-corrected chi connectivity index (χ3v) is 5.78. The van der Waals surface area contributed by atoms with E-state index in [1.54, 1.807) is 42.5 Å². The van der Waals surface area contributed by atoms with Crippen LogP contribution in [0.3, 0.4) is 0 Å². The third-order valence-electron chi connectivity index (χ3n) is 5.78. The second-order valence-electron chi connectivity index (χ2n) is 9.34. The standard InChI is InChI=1S/2C15H22O3/c1-12(2)8-4-3-7-11-18-14-10-6-5-9-13(14)15(16)17;1-3-5-6-9-12(4-2)18-15(17)13-10-7-8-11-14(13)16/h5-6,9-10,12H,3-4,7-8,11H2,1-2H3,(H,16,17);7-8,10-12,16H,3-6,9H2,1-2H3. The number of esters is 1. The van der Waals surface area contributed by atoms with Crippen LogP contribution in [-0.2, 0) is 4.74 Å². The third kappa shape index (κ3) is 12.6. The summed E-state index contributed by atoms with van der Waals surface area (Å²) in [5.74, 6) is -0.180. The number of hydrogen-bond donors (Lipinski definition) is 2. The summed E-state index contributed by atoms with van der Waals surface area (Å²) >= 11 is 0. The Morgan fingerprint density at radius 2 is 1.47 bits per heavy atom. The maximum atomic E-state index is 11.9. The van der Waals surface area contributed by atoms with E-state index < -0.39 is 11.9 Å². The average molecular weight is 501 g/mol. The van der Waals surface area contributed by atoms with Crippen LogP contribution in [-0.4, -0.2) is 34.9 Å². The fraction of sp³-hybridized carbons (Fsp3) is 0.533. The zero-order valence-corrected chi connectivity index (χ0v) is 22.4. The lowest BCUT2D eigenvalue weighted by Crippen LogP contribution is -2.17. The van der Waals surface area contributed by atoms with E-state index in [0.717, 1.165) is 50.9 Å². The van der Waals surface area contributed by atoms with E-state index in [2.05, 4.69) is 20.8 Å². The zero-order valence-electron chi connectivity index (χ0n) is 22.4. The highest BCUT2D eigenvalue weighted by Crippen LogP contribution is 2.20. The molecular formula is C30H44O6. The summed E-state index contributed by atoms with van der Waals surface area (Å²) < 4.78 is 10.9. The maximum absolute atomic E-state index is 11.9. The van der Waals surface area contributed by atoms with Gasteiger partial charge in [-0.1, -0.05) is 84.1 Å². The van der Waals surface area contributed by atoms with Crippen LogP contribution in [0.5, 0.6) is 11.5 Å². The number of carboxylic acids is 1. The van der Waals surface area contributed by atoms with Gasteiger partial charge in [0.15, 0.2) is 0 Å². The molecule has 6 nitrogen and oxygen atoms in total. The molecule has 0 spiro atoms. The Morgan fingerprint density at radius 3 is 2.08 bits per heavy atom. The van der Waals surface area contributed by atoms with Gasteiger partial charge in [0.2, 0.25) is 0 Å². The molecule has 0 radical (unpaired) electrons. The van der Waals surface area contributed by atoms with Crippen molar-refractivity contribution in [1.82, 2.24) is 0 Å². The van der Waals surface area contributed by atoms with Crippen molar-refractivity contribution in [1.29, 1.82) is 0 Å². The molecule has 0 saturated carbocycles. The minimum absolute atomic E-state index is 0.0223. The number of aromatic carboxylic acids is 1. The lowest BCUT2D eigenvalue weighted by atomic mass is 10.1. The van der Waals surface area contributed by atoms with Crippen molar-refractivity contribution in [2.45, 2.75) is 91.6 Å². The summed E-state index contributed by atoms with van der Waals surface area (Å²) in [5, 5.41) is 18.6. The molecule has 0 aliphatic rings. The monoisotopic (exact) mass is 500 g/mol. The molecule has 2 rings (SSSR count). The van der Waals surface area contributed by atoms with Crippen LogP contribution in [0, 0.1) is 5.92 Å². The second kappa shape index (κ2) is 18.3. The highest BCUT2D eigenvalue weighted by Gasteiger charge is 2.16. The fourth-order valence-electron chi connectivity index (χ4n) is 3.61. The van der Waals surface area contributed by atoms with Crippen molar-refractivity contribution in [2.24, 2.45) is 5.92 Å². The van der Waals surface area contributed by atoms with Crippen molar-refractivity contribution < 1.29 is 29.3 Å². The van der Waals surface area contributed by atoms with Crippen LogP contribution < -0.4 is 4.74 Å². The quantitative estimate of drug-likeness (QED) is 0.191. The number of hydrogen-bond acceptors (Lipinski definition) is 5. The summed E-state index contributed by atoms with van der Waals surface area (Å²) in [7, 11) is 0. The van der Waals surface area contributed by atoms with E-state index in [9.17, 15) is 14.7 Å². The minimum Gasteiger partial charge on any atom is -0.507 e. The first-order chi connectivity index (χ1) is 17.3. The van der Waals surface area contributed by atoms with Crippen LogP contribution in [0.4, 0.5) is 0 Å². The first-order valence-electron chi connectivity index (χ1n) is 13.2. The Labute approximate surface area is 216 Å². The van der Waals surface area contributed by atoms with E-state index in [-0.39, 0.29) is 23.0 Å². The van der Waals surface area contributed by atoms with Crippen molar-refractivity contribution >= 4 is 11.9 Å². The van der Waals surface area contributed by atoms with E-state index in [4.69, 9.17) is 14.6 Å². The van der Waals surface area contributed by atoms with Gasteiger partial charge in [-0.25, -0.2) is 9.59 Å². The number of phenols is 1. The molecule has 36 heavy (non-hydrogen) atoms. The molecule has 0 amide bonds. The number of ether oxygens (including phenoxy) is 2. The van der Waals surface area contributed by atoms with E-state index >= 15 is 0 Å². The van der Waals surface area contributed by atoms with Crippen LogP contribution in [0.2, 0.25) is 0 Å². The van der Waals surface area contributed by atoms with Crippen LogP contribution >= 0.6 is 0 Å². The average Bonchev–Trinajstić information content (AvgIpc) is 2.86. The molecule has 2 aromatic carbocycles. The number of benzene rings is 2. The van der Waals surface area contributed by atoms with Gasteiger partial charge in [0.1, 0.15) is 28.7 Å². The van der Waals surface area contributed by atoms with Crippen molar-refractivity contribution in [2.75, 3.05) is 6.61 Å². The number of unbranched alkanes of at least 4 members (excludes halogenated alkanes) is 4. The number of phenolic OH excluding ortho intramolecular Hbond substituents is 1. The Hall–Kier alpha value is -3.02. The molecular weight excluding hydrogens is 456 g/mol. The van der Waals surface area contributed by atoms with Gasteiger partial charge in [-0.05, 0) is 55.9 Å². The molecule has 0 fully saturated rings. The molecule has 0 aromatic heterocycles. The number of carbonyl (C=O) groups excluding carboxylic acids is 1. The molecule has 0 heterocycles. The lowest BCUT2D eigenvalue weighted by Gasteiger charge is -2.16. The Kier molecular flexibility index (Phi) is 15.7. The molecule has 2 N–H and O–H groups in total. The SMILES string of the molecule is CC(C)CCCCCOc1ccccc1C(=O)O.CCCCCC(CC)OC(=O)c1ccccc1O. The van der Waals surface area contributed by atoms with Crippen LogP contribution in [0.15, 0.2) is 48.5 Å². The van der Waals surface area contributed by atoms with Crippen LogP contribution in [0.1, 0.15) is 106 Å². The van der Waals surface area contributed by atoms with Gasteiger partial charge in [-0.15, -0.1) is 0 Å². The van der Waals surface area contributed by atoms with Gasteiger partial charge in [-0.3, -0.25) is 0 Å². The Morgan fingerprint density at radius 1 is 0.833 bits per heavy atom. The van der Waals surface area contributed by atoms with Crippen molar-refractivity contribution in [3.05, 3.63) is 59.7 Å². The van der Waals surface area contributed by atoms with Gasteiger partial charge in [0, 0.05) is 0 Å². The molecule has 6 heteroatoms. The number of rotatable bonds is 15. The molecule has 0 saturated heterocycles. The predicted molar refractivity (Wildman–Crippen MR) is 144 cm³/mol. The van der Waals surface area contributed by atoms with Crippen molar-refractivity contribution in [3.63, 3.8) is 0 Å². The minimum atomic E-state index is -0.939. The summed E-state index contributed by atoms with van der Waals surface area (Å²) in [6, 6.07) is 13.2. The highest BCUT2D eigenvalue weighted by atomic mass is 16.5. The van der Waals surface area contributed by atoms with E-state index in [1.807, 2.05) is 6.92 Å². The molecule has 2 aromatic rings. The molecule has 0 aliphatic heterocycles. The number of carboxylic acid groups (broad SMARTS) is 1. The molecule has 1 unspecified atom stereocenters.